The monoisotopic (exact) mass is 406 g/mol. The van der Waals surface area contributed by atoms with Crippen LogP contribution in [0.25, 0.3) is 11.3 Å². The predicted octanol–water partition coefficient (Wildman–Crippen LogP) is 3.57. The molecule has 1 fully saturated rings. The van der Waals surface area contributed by atoms with Crippen LogP contribution in [0.5, 0.6) is 0 Å². The van der Waals surface area contributed by atoms with Gasteiger partial charge in [0.25, 0.3) is 5.91 Å². The molecule has 8 nitrogen and oxygen atoms in total. The van der Waals surface area contributed by atoms with E-state index in [0.717, 1.165) is 48.5 Å². The van der Waals surface area contributed by atoms with E-state index in [0.29, 0.717) is 11.8 Å². The van der Waals surface area contributed by atoms with Gasteiger partial charge < -0.3 is 26.5 Å². The lowest BCUT2D eigenvalue weighted by Gasteiger charge is -2.29. The lowest BCUT2D eigenvalue weighted by molar-refractivity contribution is 0.100. The molecule has 4 rings (SSSR count). The lowest BCUT2D eigenvalue weighted by Crippen LogP contribution is -2.43. The van der Waals surface area contributed by atoms with Crippen LogP contribution in [0, 0.1) is 6.92 Å². The Morgan fingerprint density at radius 2 is 2.03 bits per heavy atom. The van der Waals surface area contributed by atoms with Gasteiger partial charge in [-0.25, -0.2) is 4.98 Å². The molecular formula is C22H26N6O2. The summed E-state index contributed by atoms with van der Waals surface area (Å²) in [5.74, 6) is 1.77. The number of furan rings is 1. The molecule has 2 heterocycles. The van der Waals surface area contributed by atoms with E-state index >= 15 is 0 Å². The normalized spacial score (nSPS) is 18.7. The fourth-order valence-electron chi connectivity index (χ4n) is 3.71. The number of hydrogen-bond donors (Lipinski definition) is 4. The molecule has 0 spiro atoms. The highest BCUT2D eigenvalue weighted by Crippen LogP contribution is 2.27. The highest BCUT2D eigenvalue weighted by atomic mass is 16.3. The van der Waals surface area contributed by atoms with Crippen molar-refractivity contribution in [3.05, 3.63) is 53.9 Å². The van der Waals surface area contributed by atoms with Crippen molar-refractivity contribution in [2.45, 2.75) is 44.7 Å². The first-order valence-corrected chi connectivity index (χ1v) is 10.1. The Hall–Kier alpha value is -3.39. The Morgan fingerprint density at radius 3 is 2.77 bits per heavy atom. The summed E-state index contributed by atoms with van der Waals surface area (Å²) in [6, 6.07) is 11.7. The molecule has 30 heavy (non-hydrogen) atoms. The third kappa shape index (κ3) is 4.44. The number of nitrogens with zero attached hydrogens (tertiary/aromatic N) is 2. The van der Waals surface area contributed by atoms with Crippen LogP contribution >= 0.6 is 0 Å². The third-order valence-electron chi connectivity index (χ3n) is 5.34. The number of carbonyl (C=O) groups is 1. The molecule has 0 radical (unpaired) electrons. The number of nitrogens with one attached hydrogen (secondary N) is 2. The van der Waals surface area contributed by atoms with Gasteiger partial charge in [0.15, 0.2) is 0 Å². The molecule has 2 aromatic heterocycles. The van der Waals surface area contributed by atoms with Gasteiger partial charge in [-0.05, 0) is 44.0 Å². The SMILES string of the molecule is Cc1ccc(-c2cccc(Nc3nc(NC4CCCC[C@@H]4N)ncc3C(N)=O)c2)o1. The lowest BCUT2D eigenvalue weighted by atomic mass is 9.91. The second kappa shape index (κ2) is 8.54. The smallest absolute Gasteiger partial charge is 0.254 e. The molecule has 0 aliphatic heterocycles. The summed E-state index contributed by atoms with van der Waals surface area (Å²) >= 11 is 0. The number of carbonyl (C=O) groups excluding carboxylic acids is 1. The number of aromatic nitrogens is 2. The minimum atomic E-state index is -0.601. The minimum absolute atomic E-state index is 0.0583. The summed E-state index contributed by atoms with van der Waals surface area (Å²) in [6.07, 6.45) is 5.64. The first-order valence-electron chi connectivity index (χ1n) is 10.1. The van der Waals surface area contributed by atoms with Gasteiger partial charge in [-0.2, -0.15) is 4.98 Å². The maximum absolute atomic E-state index is 11.9. The number of primary amides is 1. The van der Waals surface area contributed by atoms with Crippen molar-refractivity contribution < 1.29 is 9.21 Å². The minimum Gasteiger partial charge on any atom is -0.461 e. The summed E-state index contributed by atoms with van der Waals surface area (Å²) in [5, 5.41) is 6.50. The van der Waals surface area contributed by atoms with Gasteiger partial charge in [0, 0.05) is 29.5 Å². The van der Waals surface area contributed by atoms with E-state index in [1.54, 1.807) is 0 Å². The van der Waals surface area contributed by atoms with Crippen molar-refractivity contribution in [2.75, 3.05) is 10.6 Å². The number of rotatable bonds is 6. The summed E-state index contributed by atoms with van der Waals surface area (Å²) in [7, 11) is 0. The zero-order valence-corrected chi connectivity index (χ0v) is 16.9. The molecule has 1 aromatic carbocycles. The molecule has 1 aliphatic rings. The van der Waals surface area contributed by atoms with E-state index in [2.05, 4.69) is 20.6 Å². The van der Waals surface area contributed by atoms with Gasteiger partial charge in [-0.3, -0.25) is 4.79 Å². The van der Waals surface area contributed by atoms with Crippen molar-refractivity contribution in [3.63, 3.8) is 0 Å². The number of nitrogens with two attached hydrogens (primary N) is 2. The summed E-state index contributed by atoms with van der Waals surface area (Å²) in [5.41, 5.74) is 13.6. The van der Waals surface area contributed by atoms with Crippen LogP contribution in [0.1, 0.15) is 41.8 Å². The molecule has 6 N–H and O–H groups in total. The van der Waals surface area contributed by atoms with Crippen molar-refractivity contribution in [1.82, 2.24) is 9.97 Å². The fourth-order valence-corrected chi connectivity index (χ4v) is 3.71. The Balaban J connectivity index is 1.60. The maximum Gasteiger partial charge on any atom is 0.254 e. The van der Waals surface area contributed by atoms with Gasteiger partial charge in [0.2, 0.25) is 5.95 Å². The number of amides is 1. The molecule has 2 atom stereocenters. The van der Waals surface area contributed by atoms with E-state index in [1.807, 2.05) is 43.3 Å². The fraction of sp³-hybridized carbons (Fsp3) is 0.318. The first kappa shape index (κ1) is 19.9. The Kier molecular flexibility index (Phi) is 5.67. The van der Waals surface area contributed by atoms with Crippen LogP contribution in [-0.2, 0) is 0 Å². The molecule has 1 aliphatic carbocycles. The summed E-state index contributed by atoms with van der Waals surface area (Å²) < 4.78 is 5.70. The predicted molar refractivity (Wildman–Crippen MR) is 117 cm³/mol. The van der Waals surface area contributed by atoms with E-state index in [1.165, 1.54) is 6.20 Å². The first-order chi connectivity index (χ1) is 14.5. The molecule has 0 saturated heterocycles. The molecular weight excluding hydrogens is 380 g/mol. The molecule has 1 amide bonds. The van der Waals surface area contributed by atoms with Crippen molar-refractivity contribution in [2.24, 2.45) is 11.5 Å². The van der Waals surface area contributed by atoms with Crippen LogP contribution in [0.2, 0.25) is 0 Å². The molecule has 1 saturated carbocycles. The van der Waals surface area contributed by atoms with E-state index in [-0.39, 0.29) is 17.6 Å². The standard InChI is InChI=1S/C22H26N6O2/c1-13-9-10-19(30-13)14-5-4-6-15(11-14)26-21-16(20(24)29)12-25-22(28-21)27-18-8-3-2-7-17(18)23/h4-6,9-12,17-18H,2-3,7-8,23H2,1H3,(H2,24,29)(H2,25,26,27,28)/t17-,18?/m0/s1. The highest BCUT2D eigenvalue weighted by molar-refractivity contribution is 5.98. The summed E-state index contributed by atoms with van der Waals surface area (Å²) in [4.78, 5) is 20.7. The quantitative estimate of drug-likeness (QED) is 0.492. The largest absolute Gasteiger partial charge is 0.461 e. The van der Waals surface area contributed by atoms with Crippen molar-refractivity contribution in [1.29, 1.82) is 0 Å². The van der Waals surface area contributed by atoms with Crippen LogP contribution in [0.15, 0.2) is 47.0 Å². The summed E-state index contributed by atoms with van der Waals surface area (Å²) in [6.45, 7) is 1.90. The number of benzene rings is 1. The maximum atomic E-state index is 11.9. The van der Waals surface area contributed by atoms with Gasteiger partial charge in [-0.15, -0.1) is 0 Å². The van der Waals surface area contributed by atoms with Crippen LogP contribution in [-0.4, -0.2) is 28.0 Å². The van der Waals surface area contributed by atoms with E-state index in [4.69, 9.17) is 15.9 Å². The second-order valence-corrected chi connectivity index (χ2v) is 7.64. The average Bonchev–Trinajstić information content (AvgIpc) is 3.16. The average molecular weight is 406 g/mol. The second-order valence-electron chi connectivity index (χ2n) is 7.64. The van der Waals surface area contributed by atoms with Gasteiger partial charge in [0.05, 0.1) is 0 Å². The van der Waals surface area contributed by atoms with Gasteiger partial charge in [-0.1, -0.05) is 25.0 Å². The van der Waals surface area contributed by atoms with Crippen molar-refractivity contribution in [3.8, 4) is 11.3 Å². The number of aryl methyl sites for hydroxylation is 1. The Labute approximate surface area is 175 Å². The van der Waals surface area contributed by atoms with Crippen molar-refractivity contribution >= 4 is 23.4 Å². The Morgan fingerprint density at radius 1 is 1.20 bits per heavy atom. The highest BCUT2D eigenvalue weighted by Gasteiger charge is 2.23. The van der Waals surface area contributed by atoms with Gasteiger partial charge in [0.1, 0.15) is 22.9 Å². The van der Waals surface area contributed by atoms with Crippen LogP contribution in [0.3, 0.4) is 0 Å². The molecule has 1 unspecified atom stereocenters. The number of hydrogen-bond acceptors (Lipinski definition) is 7. The molecule has 8 heteroatoms. The zero-order valence-electron chi connectivity index (χ0n) is 16.9. The number of anilines is 3. The zero-order chi connectivity index (χ0) is 21.1. The topological polar surface area (TPSA) is 132 Å². The van der Waals surface area contributed by atoms with Crippen LogP contribution in [0.4, 0.5) is 17.5 Å². The Bertz CT molecular complexity index is 1050. The molecule has 0 bridgehead atoms. The van der Waals surface area contributed by atoms with Crippen LogP contribution < -0.4 is 22.1 Å². The third-order valence-corrected chi connectivity index (χ3v) is 5.34. The molecule has 3 aromatic rings. The van der Waals surface area contributed by atoms with E-state index < -0.39 is 5.91 Å². The van der Waals surface area contributed by atoms with Gasteiger partial charge >= 0.3 is 0 Å². The van der Waals surface area contributed by atoms with E-state index in [9.17, 15) is 4.79 Å². The molecule has 156 valence electrons.